The van der Waals surface area contributed by atoms with Crippen LogP contribution in [0.25, 0.3) is 0 Å². The van der Waals surface area contributed by atoms with Gasteiger partial charge in [0.15, 0.2) is 0 Å². The summed E-state index contributed by atoms with van der Waals surface area (Å²) >= 11 is 1.98. The van der Waals surface area contributed by atoms with Gasteiger partial charge in [0, 0.05) is 16.8 Å². The fraction of sp³-hybridized carbons (Fsp3) is 0.800. The van der Waals surface area contributed by atoms with E-state index in [1.54, 1.807) is 0 Å². The van der Waals surface area contributed by atoms with Crippen LogP contribution < -0.4 is 5.32 Å². The Morgan fingerprint density at radius 3 is 2.78 bits per heavy atom. The monoisotopic (exact) mass is 266 g/mol. The van der Waals surface area contributed by atoms with Gasteiger partial charge >= 0.3 is 0 Å². The van der Waals surface area contributed by atoms with Crippen molar-refractivity contribution in [2.75, 3.05) is 6.54 Å². The molecule has 1 aromatic rings. The van der Waals surface area contributed by atoms with Crippen LogP contribution in [0.5, 0.6) is 0 Å². The first kappa shape index (κ1) is 14.0. The molecule has 0 aromatic carbocycles. The van der Waals surface area contributed by atoms with E-state index < -0.39 is 0 Å². The molecule has 1 heterocycles. The van der Waals surface area contributed by atoms with Crippen LogP contribution in [-0.2, 0) is 6.42 Å². The Balaban J connectivity index is 2.17. The molecule has 0 saturated carbocycles. The number of hydrogen-bond acceptors (Lipinski definition) is 3. The molecule has 1 aliphatic rings. The number of nitrogens with one attached hydrogen (secondary N) is 1. The van der Waals surface area contributed by atoms with E-state index in [1.807, 2.05) is 11.3 Å². The molecule has 0 spiro atoms. The Bertz CT molecular complexity index is 369. The van der Waals surface area contributed by atoms with Gasteiger partial charge < -0.3 is 5.32 Å². The number of hydrogen-bond donors (Lipinski definition) is 1. The van der Waals surface area contributed by atoms with Crippen LogP contribution in [0, 0.1) is 0 Å². The first-order valence-electron chi connectivity index (χ1n) is 7.52. The third-order valence-electron chi connectivity index (χ3n) is 3.94. The smallest absolute Gasteiger partial charge is 0.0962 e. The molecule has 1 unspecified atom stereocenters. The molecule has 0 fully saturated rings. The highest BCUT2D eigenvalue weighted by molar-refractivity contribution is 7.12. The topological polar surface area (TPSA) is 24.9 Å². The quantitative estimate of drug-likeness (QED) is 0.824. The van der Waals surface area contributed by atoms with Crippen LogP contribution in [0.15, 0.2) is 0 Å². The maximum Gasteiger partial charge on any atom is 0.0962 e. The highest BCUT2D eigenvalue weighted by Crippen LogP contribution is 2.38. The number of nitrogens with zero attached hydrogens (tertiary/aromatic N) is 1. The zero-order chi connectivity index (χ0) is 13.0. The van der Waals surface area contributed by atoms with E-state index in [-0.39, 0.29) is 0 Å². The number of aryl methyl sites for hydroxylation is 1. The molecule has 1 aromatic heterocycles. The molecule has 0 saturated heterocycles. The molecule has 18 heavy (non-hydrogen) atoms. The predicted molar refractivity (Wildman–Crippen MR) is 79.4 cm³/mol. The molecule has 1 atom stereocenters. The van der Waals surface area contributed by atoms with Crippen molar-refractivity contribution in [2.24, 2.45) is 0 Å². The average molecular weight is 266 g/mol. The van der Waals surface area contributed by atoms with Crippen molar-refractivity contribution in [1.82, 2.24) is 10.3 Å². The van der Waals surface area contributed by atoms with Gasteiger partial charge in [0.05, 0.1) is 10.7 Å². The van der Waals surface area contributed by atoms with E-state index in [4.69, 9.17) is 4.98 Å². The van der Waals surface area contributed by atoms with Gasteiger partial charge in [-0.1, -0.05) is 20.8 Å². The summed E-state index contributed by atoms with van der Waals surface area (Å²) < 4.78 is 0. The van der Waals surface area contributed by atoms with E-state index in [0.29, 0.717) is 12.0 Å². The van der Waals surface area contributed by atoms with E-state index in [1.165, 1.54) is 54.1 Å². The molecule has 2 nitrogen and oxygen atoms in total. The molecule has 3 heteroatoms. The second-order valence-corrected chi connectivity index (χ2v) is 6.34. The van der Waals surface area contributed by atoms with Gasteiger partial charge in [0.2, 0.25) is 0 Å². The maximum absolute atomic E-state index is 4.93. The molecule has 2 rings (SSSR count). The summed E-state index contributed by atoms with van der Waals surface area (Å²) in [5, 5.41) is 5.07. The Kier molecular flexibility index (Phi) is 5.19. The van der Waals surface area contributed by atoms with Crippen molar-refractivity contribution >= 4 is 11.3 Å². The van der Waals surface area contributed by atoms with Crippen LogP contribution in [0.2, 0.25) is 0 Å². The Morgan fingerprint density at radius 1 is 1.33 bits per heavy atom. The lowest BCUT2D eigenvalue weighted by atomic mass is 9.98. The maximum atomic E-state index is 4.93. The Morgan fingerprint density at radius 2 is 2.11 bits per heavy atom. The summed E-state index contributed by atoms with van der Waals surface area (Å²) in [5.41, 5.74) is 1.39. The van der Waals surface area contributed by atoms with E-state index in [0.717, 1.165) is 6.54 Å². The number of thiazole rings is 1. The molecule has 0 bridgehead atoms. The zero-order valence-corrected chi connectivity index (χ0v) is 12.8. The lowest BCUT2D eigenvalue weighted by molar-refractivity contribution is 0.464. The number of rotatable bonds is 6. The minimum Gasteiger partial charge on any atom is -0.309 e. The number of fused-ring (bicyclic) bond motifs is 1. The summed E-state index contributed by atoms with van der Waals surface area (Å²) in [6.45, 7) is 7.92. The third-order valence-corrected chi connectivity index (χ3v) is 5.32. The van der Waals surface area contributed by atoms with Crippen molar-refractivity contribution in [3.63, 3.8) is 0 Å². The fourth-order valence-corrected chi connectivity index (χ4v) is 4.25. The van der Waals surface area contributed by atoms with Crippen LogP contribution in [0.1, 0.15) is 80.4 Å². The van der Waals surface area contributed by atoms with Gasteiger partial charge in [-0.2, -0.15) is 0 Å². The molecule has 1 aliphatic carbocycles. The minimum atomic E-state index is 0.578. The number of aromatic nitrogens is 1. The van der Waals surface area contributed by atoms with Crippen LogP contribution in [0.3, 0.4) is 0 Å². The molecule has 102 valence electrons. The standard InChI is InChI=1S/C15H26N2S/c1-4-10-16-12-8-7-9-13-14(12)18-15(17-13)11(5-2)6-3/h11-12,16H,4-10H2,1-3H3. The largest absolute Gasteiger partial charge is 0.309 e. The van der Waals surface area contributed by atoms with E-state index >= 15 is 0 Å². The third kappa shape index (κ3) is 2.94. The van der Waals surface area contributed by atoms with Crippen LogP contribution in [0.4, 0.5) is 0 Å². The SMILES string of the molecule is CCCNC1CCCc2nc(C(CC)CC)sc21. The van der Waals surface area contributed by atoms with Gasteiger partial charge in [-0.25, -0.2) is 4.98 Å². The zero-order valence-electron chi connectivity index (χ0n) is 12.0. The van der Waals surface area contributed by atoms with Gasteiger partial charge in [-0.15, -0.1) is 11.3 Å². The summed E-state index contributed by atoms with van der Waals surface area (Å²) in [5.74, 6) is 0.674. The highest BCUT2D eigenvalue weighted by atomic mass is 32.1. The van der Waals surface area contributed by atoms with E-state index in [2.05, 4.69) is 26.1 Å². The fourth-order valence-electron chi connectivity index (χ4n) is 2.76. The summed E-state index contributed by atoms with van der Waals surface area (Å²) in [4.78, 5) is 6.47. The normalized spacial score (nSPS) is 19.2. The minimum absolute atomic E-state index is 0.578. The van der Waals surface area contributed by atoms with Crippen molar-refractivity contribution in [3.8, 4) is 0 Å². The van der Waals surface area contributed by atoms with E-state index in [9.17, 15) is 0 Å². The summed E-state index contributed by atoms with van der Waals surface area (Å²) in [6, 6.07) is 0.578. The van der Waals surface area contributed by atoms with Crippen molar-refractivity contribution in [3.05, 3.63) is 15.6 Å². The van der Waals surface area contributed by atoms with Gasteiger partial charge in [-0.3, -0.25) is 0 Å². The molecule has 1 N–H and O–H groups in total. The molecule has 0 radical (unpaired) electrons. The van der Waals surface area contributed by atoms with Gasteiger partial charge in [-0.05, 0) is 45.1 Å². The van der Waals surface area contributed by atoms with Crippen molar-refractivity contribution < 1.29 is 0 Å². The van der Waals surface area contributed by atoms with Crippen molar-refractivity contribution in [2.45, 2.75) is 71.3 Å². The molecule has 0 amide bonds. The Labute approximate surface area is 115 Å². The molecule has 0 aliphatic heterocycles. The van der Waals surface area contributed by atoms with Crippen LogP contribution in [-0.4, -0.2) is 11.5 Å². The lowest BCUT2D eigenvalue weighted by Crippen LogP contribution is -2.24. The summed E-state index contributed by atoms with van der Waals surface area (Å²) in [7, 11) is 0. The van der Waals surface area contributed by atoms with Crippen molar-refractivity contribution in [1.29, 1.82) is 0 Å². The Hall–Kier alpha value is -0.410. The first-order valence-corrected chi connectivity index (χ1v) is 8.34. The average Bonchev–Trinajstić information content (AvgIpc) is 2.82. The predicted octanol–water partition coefficient (Wildman–Crippen LogP) is 4.42. The second kappa shape index (κ2) is 6.67. The molecular formula is C15H26N2S. The first-order chi connectivity index (χ1) is 8.80. The lowest BCUT2D eigenvalue weighted by Gasteiger charge is -2.22. The summed E-state index contributed by atoms with van der Waals surface area (Å²) in [6.07, 6.45) is 7.42. The van der Waals surface area contributed by atoms with Gasteiger partial charge in [0.25, 0.3) is 0 Å². The second-order valence-electron chi connectivity index (χ2n) is 5.28. The van der Waals surface area contributed by atoms with Crippen LogP contribution >= 0.6 is 11.3 Å². The van der Waals surface area contributed by atoms with Gasteiger partial charge in [0.1, 0.15) is 0 Å². The molecular weight excluding hydrogens is 240 g/mol. The highest BCUT2D eigenvalue weighted by Gasteiger charge is 2.25.